The minimum atomic E-state index is -3.13. The maximum absolute atomic E-state index is 10.7. The molecule has 4 N–H and O–H groups in total. The molecule has 0 amide bonds. The van der Waals surface area contributed by atoms with Crippen LogP contribution in [-0.4, -0.2) is 37.5 Å². The van der Waals surface area contributed by atoms with Gasteiger partial charge in [0.25, 0.3) is 0 Å². The number of rotatable bonds is 5. The summed E-state index contributed by atoms with van der Waals surface area (Å²) in [6, 6.07) is 0. The van der Waals surface area contributed by atoms with Gasteiger partial charge in [-0.25, -0.2) is 13.1 Å². The van der Waals surface area contributed by atoms with Crippen LogP contribution in [0.5, 0.6) is 0 Å². The van der Waals surface area contributed by atoms with E-state index in [2.05, 4.69) is 15.1 Å². The molecule has 8 heteroatoms. The average Bonchev–Trinajstić information content (AvgIpc) is 2.37. The number of anilines is 2. The molecule has 86 valence electrons. The van der Waals surface area contributed by atoms with E-state index in [1.807, 2.05) is 0 Å². The molecule has 0 aliphatic carbocycles. The average molecular weight is 233 g/mol. The largest absolute Gasteiger partial charge is 0.394 e. The first-order valence-corrected chi connectivity index (χ1v) is 6.25. The van der Waals surface area contributed by atoms with Crippen molar-refractivity contribution in [1.29, 1.82) is 0 Å². The van der Waals surface area contributed by atoms with Crippen molar-refractivity contribution in [2.75, 3.05) is 30.4 Å². The molecule has 0 bridgehead atoms. The summed E-state index contributed by atoms with van der Waals surface area (Å²) in [5.74, 6) is 0.563. The van der Waals surface area contributed by atoms with Gasteiger partial charge in [-0.3, -0.25) is 4.68 Å². The van der Waals surface area contributed by atoms with Crippen LogP contribution in [0.4, 0.5) is 11.5 Å². The van der Waals surface area contributed by atoms with Gasteiger partial charge in [0.05, 0.1) is 11.9 Å². The lowest BCUT2D eigenvalue weighted by Gasteiger charge is -2.04. The van der Waals surface area contributed by atoms with Crippen molar-refractivity contribution >= 4 is 21.5 Å². The van der Waals surface area contributed by atoms with E-state index in [0.29, 0.717) is 24.6 Å². The van der Waals surface area contributed by atoms with E-state index in [4.69, 9.17) is 5.73 Å². The number of nitrogen functional groups attached to an aromatic ring is 1. The Morgan fingerprint density at radius 2 is 2.20 bits per heavy atom. The lowest BCUT2D eigenvalue weighted by Crippen LogP contribution is -2.27. The van der Waals surface area contributed by atoms with E-state index in [9.17, 15) is 8.42 Å². The van der Waals surface area contributed by atoms with Crippen LogP contribution in [0.15, 0.2) is 6.20 Å². The third-order valence-electron chi connectivity index (χ3n) is 1.64. The Labute approximate surface area is 88.7 Å². The zero-order valence-electron chi connectivity index (χ0n) is 8.69. The zero-order chi connectivity index (χ0) is 11.5. The molecule has 0 aromatic carbocycles. The molecule has 0 atom stereocenters. The quantitative estimate of drug-likeness (QED) is 0.564. The fourth-order valence-corrected chi connectivity index (χ4v) is 1.53. The predicted octanol–water partition coefficient (Wildman–Crippen LogP) is -1.04. The Kier molecular flexibility index (Phi) is 3.53. The van der Waals surface area contributed by atoms with Gasteiger partial charge in [0.1, 0.15) is 0 Å². The number of nitrogens with two attached hydrogens (primary N) is 1. The smallest absolute Gasteiger partial charge is 0.208 e. The second-order valence-corrected chi connectivity index (χ2v) is 5.03. The highest BCUT2D eigenvalue weighted by Crippen LogP contribution is 2.12. The van der Waals surface area contributed by atoms with Gasteiger partial charge in [-0.05, 0) is 0 Å². The van der Waals surface area contributed by atoms with Crippen molar-refractivity contribution in [3.8, 4) is 0 Å². The highest BCUT2D eigenvalue weighted by molar-refractivity contribution is 7.88. The van der Waals surface area contributed by atoms with Gasteiger partial charge in [-0.2, -0.15) is 5.10 Å². The Morgan fingerprint density at radius 1 is 1.53 bits per heavy atom. The molecule has 1 aromatic heterocycles. The summed E-state index contributed by atoms with van der Waals surface area (Å²) >= 11 is 0. The standard InChI is InChI=1S/C7H15N5O2S/c1-12-5-6(8)7(11-12)9-3-4-10-15(2,13)14/h5,10H,3-4,8H2,1-2H3,(H,9,11). The first-order valence-electron chi connectivity index (χ1n) is 4.36. The summed E-state index contributed by atoms with van der Waals surface area (Å²) in [5, 5.41) is 6.97. The summed E-state index contributed by atoms with van der Waals surface area (Å²) < 4.78 is 25.4. The molecule has 0 aliphatic heterocycles. The molecule has 1 rings (SSSR count). The maximum atomic E-state index is 10.7. The number of nitrogens with one attached hydrogen (secondary N) is 2. The Balaban J connectivity index is 2.35. The number of aryl methyl sites for hydroxylation is 1. The number of hydrogen-bond acceptors (Lipinski definition) is 5. The normalized spacial score (nSPS) is 11.6. The van der Waals surface area contributed by atoms with E-state index < -0.39 is 10.0 Å². The fourth-order valence-electron chi connectivity index (χ4n) is 1.06. The van der Waals surface area contributed by atoms with Crippen LogP contribution in [0.1, 0.15) is 0 Å². The lowest BCUT2D eigenvalue weighted by atomic mass is 10.5. The van der Waals surface area contributed by atoms with Crippen molar-refractivity contribution in [2.45, 2.75) is 0 Å². The van der Waals surface area contributed by atoms with Crippen LogP contribution in [0, 0.1) is 0 Å². The van der Waals surface area contributed by atoms with Gasteiger partial charge in [-0.1, -0.05) is 0 Å². The van der Waals surface area contributed by atoms with Crippen molar-refractivity contribution in [1.82, 2.24) is 14.5 Å². The fraction of sp³-hybridized carbons (Fsp3) is 0.571. The Morgan fingerprint density at radius 3 is 2.67 bits per heavy atom. The van der Waals surface area contributed by atoms with E-state index in [1.165, 1.54) is 0 Å². The molecule has 0 saturated heterocycles. The molecule has 1 heterocycles. The van der Waals surface area contributed by atoms with Crippen LogP contribution in [0.3, 0.4) is 0 Å². The van der Waals surface area contributed by atoms with Gasteiger partial charge in [0.15, 0.2) is 5.82 Å². The first-order chi connectivity index (χ1) is 6.88. The minimum absolute atomic E-state index is 0.300. The summed E-state index contributed by atoms with van der Waals surface area (Å²) in [5.41, 5.74) is 6.16. The topological polar surface area (TPSA) is 102 Å². The van der Waals surface area contributed by atoms with Crippen molar-refractivity contribution < 1.29 is 8.42 Å². The van der Waals surface area contributed by atoms with Crippen molar-refractivity contribution in [3.63, 3.8) is 0 Å². The molecule has 0 spiro atoms. The van der Waals surface area contributed by atoms with Gasteiger partial charge >= 0.3 is 0 Å². The summed E-state index contributed by atoms with van der Waals surface area (Å²) in [6.45, 7) is 0.739. The van der Waals surface area contributed by atoms with Gasteiger partial charge in [0.2, 0.25) is 10.0 Å². The highest BCUT2D eigenvalue weighted by atomic mass is 32.2. The van der Waals surface area contributed by atoms with Crippen LogP contribution in [0.2, 0.25) is 0 Å². The second kappa shape index (κ2) is 4.49. The lowest BCUT2D eigenvalue weighted by molar-refractivity contribution is 0.589. The maximum Gasteiger partial charge on any atom is 0.208 e. The van der Waals surface area contributed by atoms with E-state index in [-0.39, 0.29) is 0 Å². The van der Waals surface area contributed by atoms with Crippen LogP contribution in [0.25, 0.3) is 0 Å². The van der Waals surface area contributed by atoms with Crippen LogP contribution >= 0.6 is 0 Å². The van der Waals surface area contributed by atoms with Gasteiger partial charge < -0.3 is 11.1 Å². The molecule has 15 heavy (non-hydrogen) atoms. The molecular formula is C7H15N5O2S. The predicted molar refractivity (Wildman–Crippen MR) is 59.0 cm³/mol. The Bertz CT molecular complexity index is 425. The molecular weight excluding hydrogens is 218 g/mol. The van der Waals surface area contributed by atoms with Crippen molar-refractivity contribution in [3.05, 3.63) is 6.20 Å². The highest BCUT2D eigenvalue weighted by Gasteiger charge is 2.03. The summed E-state index contributed by atoms with van der Waals surface area (Å²) in [7, 11) is -1.37. The van der Waals surface area contributed by atoms with Crippen LogP contribution in [-0.2, 0) is 17.1 Å². The van der Waals surface area contributed by atoms with Gasteiger partial charge in [0, 0.05) is 26.3 Å². The molecule has 0 unspecified atom stereocenters. The number of nitrogens with zero attached hydrogens (tertiary/aromatic N) is 2. The summed E-state index contributed by atoms with van der Waals surface area (Å²) in [4.78, 5) is 0. The zero-order valence-corrected chi connectivity index (χ0v) is 9.50. The molecule has 0 aliphatic rings. The molecule has 0 saturated carbocycles. The SMILES string of the molecule is Cn1cc(N)c(NCCNS(C)(=O)=O)n1. The molecule has 0 fully saturated rings. The Hall–Kier alpha value is -1.28. The monoisotopic (exact) mass is 233 g/mol. The molecule has 1 aromatic rings. The first kappa shape index (κ1) is 11.8. The van der Waals surface area contributed by atoms with Crippen molar-refractivity contribution in [2.24, 2.45) is 7.05 Å². The third kappa shape index (κ3) is 4.17. The minimum Gasteiger partial charge on any atom is -0.394 e. The number of sulfonamides is 1. The number of hydrogen-bond donors (Lipinski definition) is 3. The number of aromatic nitrogens is 2. The van der Waals surface area contributed by atoms with Crippen LogP contribution < -0.4 is 15.8 Å². The second-order valence-electron chi connectivity index (χ2n) is 3.20. The molecule has 7 nitrogen and oxygen atoms in total. The molecule has 0 radical (unpaired) electrons. The van der Waals surface area contributed by atoms with E-state index in [0.717, 1.165) is 6.26 Å². The summed E-state index contributed by atoms with van der Waals surface area (Å²) in [6.07, 6.45) is 2.79. The van der Waals surface area contributed by atoms with E-state index in [1.54, 1.807) is 17.9 Å². The third-order valence-corrected chi connectivity index (χ3v) is 2.37. The van der Waals surface area contributed by atoms with Gasteiger partial charge in [-0.15, -0.1) is 0 Å². The van der Waals surface area contributed by atoms with E-state index >= 15 is 0 Å².